The van der Waals surface area contributed by atoms with Gasteiger partial charge in [0.2, 0.25) is 0 Å². The van der Waals surface area contributed by atoms with Gasteiger partial charge in [0, 0.05) is 42.6 Å². The second-order valence-electron chi connectivity index (χ2n) is 8.62. The zero-order chi connectivity index (χ0) is 24.9. The van der Waals surface area contributed by atoms with Gasteiger partial charge in [0.1, 0.15) is 5.01 Å². The molecule has 2 aromatic heterocycles. The van der Waals surface area contributed by atoms with E-state index in [1.807, 2.05) is 36.4 Å². The van der Waals surface area contributed by atoms with Crippen molar-refractivity contribution in [2.75, 3.05) is 0 Å². The molecule has 0 aliphatic carbocycles. The molecule has 2 heterocycles. The van der Waals surface area contributed by atoms with Crippen LogP contribution in [-0.4, -0.2) is 20.9 Å². The van der Waals surface area contributed by atoms with Crippen molar-refractivity contribution in [1.29, 1.82) is 0 Å². The maximum absolute atomic E-state index is 10.0. The predicted molar refractivity (Wildman–Crippen MR) is 146 cm³/mol. The van der Waals surface area contributed by atoms with E-state index in [1.165, 1.54) is 30.9 Å². The number of aliphatic hydroxyl groups is 1. The molecular weight excluding hydrogens is 645 g/mol. The zero-order valence-electron chi connectivity index (χ0n) is 20.6. The van der Waals surface area contributed by atoms with Crippen molar-refractivity contribution in [2.24, 2.45) is 0 Å². The van der Waals surface area contributed by atoms with Crippen molar-refractivity contribution in [3.8, 4) is 21.8 Å². The summed E-state index contributed by atoms with van der Waals surface area (Å²) in [5.74, 6) is 0.361. The number of ketones is 1. The number of pyridine rings is 1. The Morgan fingerprint density at radius 1 is 0.972 bits per heavy atom. The van der Waals surface area contributed by atoms with Gasteiger partial charge in [-0.2, -0.15) is 11.3 Å². The fourth-order valence-corrected chi connectivity index (χ4v) is 4.97. The van der Waals surface area contributed by atoms with Crippen LogP contribution in [0, 0.1) is 6.07 Å². The van der Waals surface area contributed by atoms with Crippen LogP contribution in [0.2, 0.25) is 0 Å². The van der Waals surface area contributed by atoms with Gasteiger partial charge in [-0.25, -0.2) is 0 Å². The van der Waals surface area contributed by atoms with Crippen molar-refractivity contribution in [2.45, 2.75) is 33.6 Å². The van der Waals surface area contributed by atoms with Crippen LogP contribution in [0.4, 0.5) is 0 Å². The quantitative estimate of drug-likeness (QED) is 0.119. The Hall–Kier alpha value is -3.18. The molecule has 185 valence electrons. The summed E-state index contributed by atoms with van der Waals surface area (Å²) in [5.41, 5.74) is 6.49. The van der Waals surface area contributed by atoms with E-state index >= 15 is 0 Å². The molecule has 1 N–H and O–H groups in total. The topological polar surface area (TPSA) is 63.1 Å². The van der Waals surface area contributed by atoms with Crippen LogP contribution in [-0.2, 0) is 24.9 Å². The minimum absolute atomic E-state index is 0. The Morgan fingerprint density at radius 3 is 2.31 bits per heavy atom. The van der Waals surface area contributed by atoms with E-state index in [0.29, 0.717) is 5.92 Å². The number of benzene rings is 3. The first kappa shape index (κ1) is 27.4. The Kier molecular flexibility index (Phi) is 9.27. The Labute approximate surface area is 229 Å². The molecular formula is C30H27IrN2O2S-. The molecule has 0 saturated heterocycles. The number of carbonyl (C=O) groups is 1. The number of rotatable bonds is 4. The number of aliphatic hydroxyl groups excluding tert-OH is 1. The molecule has 0 fully saturated rings. The molecule has 0 atom stereocenters. The smallest absolute Gasteiger partial charge is 0.155 e. The van der Waals surface area contributed by atoms with Crippen molar-refractivity contribution in [3.63, 3.8) is 0 Å². The van der Waals surface area contributed by atoms with E-state index in [4.69, 9.17) is 15.1 Å². The van der Waals surface area contributed by atoms with Crippen LogP contribution in [0.3, 0.4) is 0 Å². The van der Waals surface area contributed by atoms with Crippen molar-refractivity contribution in [1.82, 2.24) is 9.97 Å². The molecule has 1 radical (unpaired) electrons. The average Bonchev–Trinajstić information content (AvgIpc) is 3.28. The van der Waals surface area contributed by atoms with Crippen LogP contribution in [0.5, 0.6) is 0 Å². The summed E-state index contributed by atoms with van der Waals surface area (Å²) in [6, 6.07) is 28.4. The first-order chi connectivity index (χ1) is 16.8. The second-order valence-corrected chi connectivity index (χ2v) is 9.62. The predicted octanol–water partition coefficient (Wildman–Crippen LogP) is 8.14. The van der Waals surface area contributed by atoms with Crippen molar-refractivity contribution >= 4 is 38.2 Å². The molecule has 6 heteroatoms. The third kappa shape index (κ3) is 6.33. The van der Waals surface area contributed by atoms with Crippen molar-refractivity contribution in [3.05, 3.63) is 96.3 Å². The van der Waals surface area contributed by atoms with Crippen LogP contribution in [0.15, 0.2) is 84.6 Å². The van der Waals surface area contributed by atoms with Crippen LogP contribution < -0.4 is 0 Å². The van der Waals surface area contributed by atoms with Crippen LogP contribution in [0.25, 0.3) is 42.9 Å². The average molecular weight is 672 g/mol. The summed E-state index contributed by atoms with van der Waals surface area (Å²) >= 11 is 1.71. The van der Waals surface area contributed by atoms with Gasteiger partial charge in [0.05, 0.1) is 11.3 Å². The number of para-hydroxylation sites is 1. The number of hydrogen-bond donors (Lipinski definition) is 1. The number of aromatic nitrogens is 2. The van der Waals surface area contributed by atoms with Crippen LogP contribution >= 0.6 is 11.3 Å². The van der Waals surface area contributed by atoms with Gasteiger partial charge in [-0.05, 0) is 41.8 Å². The van der Waals surface area contributed by atoms with E-state index in [-0.39, 0.29) is 31.6 Å². The molecule has 0 bridgehead atoms. The number of allylic oxidation sites excluding steroid dienone is 2. The molecule has 5 rings (SSSR count). The molecule has 0 amide bonds. The maximum atomic E-state index is 10.0. The Bertz CT molecular complexity index is 1520. The van der Waals surface area contributed by atoms with Crippen LogP contribution in [0.1, 0.15) is 39.2 Å². The number of nitrogens with zero attached hydrogens (tertiary/aromatic N) is 2. The number of carbonyl (C=O) groups excluding carboxylic acids is 1. The zero-order valence-corrected chi connectivity index (χ0v) is 23.8. The first-order valence-electron chi connectivity index (χ1n) is 11.5. The van der Waals surface area contributed by atoms with Gasteiger partial charge in [-0.3, -0.25) is 14.8 Å². The number of fused-ring (bicyclic) bond motifs is 2. The summed E-state index contributed by atoms with van der Waals surface area (Å²) in [7, 11) is 0. The van der Waals surface area contributed by atoms with Gasteiger partial charge in [-0.1, -0.05) is 68.4 Å². The number of hydrogen-bond acceptors (Lipinski definition) is 5. The Balaban J connectivity index is 0.000000400. The molecule has 0 aliphatic heterocycles. The summed E-state index contributed by atoms with van der Waals surface area (Å²) in [6.45, 7) is 7.31. The minimum Gasteiger partial charge on any atom is -0.512 e. The molecule has 0 saturated carbocycles. The summed E-state index contributed by atoms with van der Waals surface area (Å²) in [6.07, 6.45) is 1.17. The standard InChI is InChI=1S/C25H19N2S.C5H8O2.Ir/c1-16(2)20-15-23(26-21-13-7-6-11-18(20)21)19-12-8-14-22-24(19)28-25(27-22)17-9-4-3-5-10-17;1-4(6)3-5(2)7;/h3-11,13-16H,1-2H3;3,6H,1-2H3;/q-1;;/b;4-3-;. The van der Waals surface area contributed by atoms with Gasteiger partial charge in [0.25, 0.3) is 0 Å². The van der Waals surface area contributed by atoms with E-state index in [0.717, 1.165) is 37.6 Å². The molecule has 4 nitrogen and oxygen atoms in total. The largest absolute Gasteiger partial charge is 0.512 e. The molecule has 0 unspecified atom stereocenters. The second kappa shape index (κ2) is 12.2. The third-order valence-corrected chi connectivity index (χ3v) is 6.55. The fraction of sp³-hybridized carbons (Fsp3) is 0.167. The molecule has 0 aliphatic rings. The third-order valence-electron chi connectivity index (χ3n) is 5.41. The van der Waals surface area contributed by atoms with E-state index in [1.54, 1.807) is 11.3 Å². The SMILES string of the molecule is CC(=O)/C=C(/C)O.CC(C)c1cc(-c2[c-]ccc3nc(-c4ccccc4)sc23)nc2ccccc12.[Ir]. The van der Waals surface area contributed by atoms with Gasteiger partial charge in [0.15, 0.2) is 5.78 Å². The molecule has 0 spiro atoms. The van der Waals surface area contributed by atoms with Gasteiger partial charge < -0.3 is 5.11 Å². The summed E-state index contributed by atoms with van der Waals surface area (Å²) in [5, 5.41) is 10.6. The Morgan fingerprint density at radius 2 is 1.67 bits per heavy atom. The van der Waals surface area contributed by atoms with E-state index in [2.05, 4.69) is 56.3 Å². The summed E-state index contributed by atoms with van der Waals surface area (Å²) < 4.78 is 1.14. The molecule has 5 aromatic rings. The number of thiazole rings is 1. The van der Waals surface area contributed by atoms with E-state index < -0.39 is 0 Å². The normalized spacial score (nSPS) is 11.2. The van der Waals surface area contributed by atoms with Crippen molar-refractivity contribution < 1.29 is 30.0 Å². The van der Waals surface area contributed by atoms with Gasteiger partial charge >= 0.3 is 0 Å². The molecule has 3 aromatic carbocycles. The molecule has 36 heavy (non-hydrogen) atoms. The maximum Gasteiger partial charge on any atom is 0.155 e. The minimum atomic E-state index is -0.125. The monoisotopic (exact) mass is 672 g/mol. The van der Waals surface area contributed by atoms with Gasteiger partial charge in [-0.15, -0.1) is 23.8 Å². The fourth-order valence-electron chi connectivity index (χ4n) is 3.89. The summed E-state index contributed by atoms with van der Waals surface area (Å²) in [4.78, 5) is 19.8. The first-order valence-corrected chi connectivity index (χ1v) is 12.3. The van der Waals surface area contributed by atoms with E-state index in [9.17, 15) is 4.79 Å².